The van der Waals surface area contributed by atoms with Crippen LogP contribution in [-0.4, -0.2) is 5.94 Å². The van der Waals surface area contributed by atoms with E-state index in [4.69, 9.17) is 0 Å². The quantitative estimate of drug-likeness (QED) is 0.707. The van der Waals surface area contributed by atoms with Crippen molar-refractivity contribution in [2.45, 2.75) is 13.3 Å². The third kappa shape index (κ3) is 2.07. The van der Waals surface area contributed by atoms with Crippen LogP contribution in [0.4, 0.5) is 0 Å². The Bertz CT molecular complexity index is 307. The summed E-state index contributed by atoms with van der Waals surface area (Å²) in [7, 11) is 0. The predicted octanol–water partition coefficient (Wildman–Crippen LogP) is 3.07. The van der Waals surface area contributed by atoms with Gasteiger partial charge in [0, 0.05) is 10.0 Å². The summed E-state index contributed by atoms with van der Waals surface area (Å²) in [6, 6.07) is 7.66. The standard InChI is InChI=1S/C10H9BrO/c1-2-8(7-12)9-3-5-10(11)6-4-9/h3-6H,2H2,1H3. The Labute approximate surface area is 80.2 Å². The fourth-order valence-corrected chi connectivity index (χ4v) is 1.25. The molecule has 0 atom stereocenters. The van der Waals surface area contributed by atoms with Gasteiger partial charge in [-0.15, -0.1) is 0 Å². The van der Waals surface area contributed by atoms with Gasteiger partial charge in [0.05, 0.1) is 0 Å². The summed E-state index contributed by atoms with van der Waals surface area (Å²) in [5, 5.41) is 0. The first-order chi connectivity index (χ1) is 5.77. The SMILES string of the molecule is CCC(=C=O)c1ccc(Br)cc1. The maximum absolute atomic E-state index is 10.4. The van der Waals surface area contributed by atoms with Crippen LogP contribution >= 0.6 is 15.9 Å². The molecule has 0 spiro atoms. The van der Waals surface area contributed by atoms with E-state index in [0.717, 1.165) is 22.0 Å². The Balaban J connectivity index is 3.04. The van der Waals surface area contributed by atoms with Crippen molar-refractivity contribution in [2.75, 3.05) is 0 Å². The molecule has 1 rings (SSSR count). The summed E-state index contributed by atoms with van der Waals surface area (Å²) >= 11 is 3.33. The predicted molar refractivity (Wildman–Crippen MR) is 53.5 cm³/mol. The number of hydrogen-bond donors (Lipinski definition) is 0. The minimum atomic E-state index is 0.725. The van der Waals surface area contributed by atoms with Gasteiger partial charge in [0.1, 0.15) is 5.94 Å². The van der Waals surface area contributed by atoms with Gasteiger partial charge in [-0.2, -0.15) is 0 Å². The molecular weight excluding hydrogens is 216 g/mol. The second kappa shape index (κ2) is 4.24. The van der Waals surface area contributed by atoms with Crippen LogP contribution < -0.4 is 0 Å². The number of benzene rings is 1. The Morgan fingerprint density at radius 2 is 2.00 bits per heavy atom. The largest absolute Gasteiger partial charge is 0.233 e. The average Bonchev–Trinajstić information content (AvgIpc) is 2.10. The smallest absolute Gasteiger partial charge is 0.128 e. The van der Waals surface area contributed by atoms with Gasteiger partial charge >= 0.3 is 0 Å². The molecular formula is C10H9BrO. The lowest BCUT2D eigenvalue weighted by atomic mass is 10.1. The van der Waals surface area contributed by atoms with Crippen LogP contribution in [0.15, 0.2) is 28.7 Å². The zero-order valence-electron chi connectivity index (χ0n) is 6.80. The van der Waals surface area contributed by atoms with Crippen molar-refractivity contribution >= 4 is 27.4 Å². The van der Waals surface area contributed by atoms with E-state index in [1.54, 1.807) is 0 Å². The lowest BCUT2D eigenvalue weighted by Gasteiger charge is -1.98. The highest BCUT2D eigenvalue weighted by molar-refractivity contribution is 9.10. The third-order valence-electron chi connectivity index (χ3n) is 1.67. The van der Waals surface area contributed by atoms with E-state index in [9.17, 15) is 4.79 Å². The fraction of sp³-hybridized carbons (Fsp3) is 0.200. The highest BCUT2D eigenvalue weighted by Crippen LogP contribution is 2.17. The second-order valence-electron chi connectivity index (χ2n) is 2.44. The molecule has 0 fully saturated rings. The molecule has 1 aromatic rings. The zero-order chi connectivity index (χ0) is 8.97. The second-order valence-corrected chi connectivity index (χ2v) is 3.36. The zero-order valence-corrected chi connectivity index (χ0v) is 8.39. The van der Waals surface area contributed by atoms with Crippen LogP contribution in [0.1, 0.15) is 18.9 Å². The van der Waals surface area contributed by atoms with Crippen molar-refractivity contribution in [3.63, 3.8) is 0 Å². The van der Waals surface area contributed by atoms with Crippen molar-refractivity contribution in [1.82, 2.24) is 0 Å². The molecule has 0 radical (unpaired) electrons. The number of halogens is 1. The molecule has 0 unspecified atom stereocenters. The molecule has 2 heteroatoms. The maximum atomic E-state index is 10.4. The van der Waals surface area contributed by atoms with E-state index < -0.39 is 0 Å². The van der Waals surface area contributed by atoms with Gasteiger partial charge in [0.15, 0.2) is 0 Å². The summed E-state index contributed by atoms with van der Waals surface area (Å²) in [5.41, 5.74) is 1.68. The van der Waals surface area contributed by atoms with Crippen molar-refractivity contribution in [3.8, 4) is 0 Å². The Morgan fingerprint density at radius 3 is 2.42 bits per heavy atom. The lowest BCUT2D eigenvalue weighted by molar-refractivity contribution is 0.569. The number of allylic oxidation sites excluding steroid dienone is 1. The average molecular weight is 225 g/mol. The molecule has 0 aliphatic heterocycles. The van der Waals surface area contributed by atoms with Crippen molar-refractivity contribution < 1.29 is 4.79 Å². The van der Waals surface area contributed by atoms with Gasteiger partial charge in [-0.25, -0.2) is 4.79 Å². The molecule has 0 heterocycles. The van der Waals surface area contributed by atoms with Gasteiger partial charge in [0.2, 0.25) is 0 Å². The molecule has 0 aromatic heterocycles. The Hall–Kier alpha value is -0.850. The maximum Gasteiger partial charge on any atom is 0.128 e. The summed E-state index contributed by atoms with van der Waals surface area (Å²) < 4.78 is 1.02. The normalized spacial score (nSPS) is 9.17. The molecule has 0 N–H and O–H groups in total. The van der Waals surface area contributed by atoms with Crippen LogP contribution in [0.5, 0.6) is 0 Å². The number of rotatable bonds is 2. The van der Waals surface area contributed by atoms with Gasteiger partial charge < -0.3 is 0 Å². The molecule has 0 saturated heterocycles. The van der Waals surface area contributed by atoms with E-state index in [1.807, 2.05) is 37.1 Å². The molecule has 0 aliphatic rings. The van der Waals surface area contributed by atoms with E-state index in [2.05, 4.69) is 15.9 Å². The summed E-state index contributed by atoms with van der Waals surface area (Å²) in [4.78, 5) is 10.4. The molecule has 0 aliphatic carbocycles. The molecule has 62 valence electrons. The summed E-state index contributed by atoms with van der Waals surface area (Å²) in [6.07, 6.45) is 0.727. The monoisotopic (exact) mass is 224 g/mol. The van der Waals surface area contributed by atoms with E-state index in [-0.39, 0.29) is 0 Å². The minimum absolute atomic E-state index is 0.725. The lowest BCUT2D eigenvalue weighted by Crippen LogP contribution is -1.82. The highest BCUT2D eigenvalue weighted by Gasteiger charge is 1.98. The van der Waals surface area contributed by atoms with Crippen LogP contribution in [0.3, 0.4) is 0 Å². The van der Waals surface area contributed by atoms with Crippen molar-refractivity contribution in [1.29, 1.82) is 0 Å². The van der Waals surface area contributed by atoms with Crippen LogP contribution in [-0.2, 0) is 4.79 Å². The van der Waals surface area contributed by atoms with Gasteiger partial charge in [-0.3, -0.25) is 0 Å². The van der Waals surface area contributed by atoms with Crippen molar-refractivity contribution in [2.24, 2.45) is 0 Å². The summed E-state index contributed by atoms with van der Waals surface area (Å²) in [6.45, 7) is 1.95. The van der Waals surface area contributed by atoms with Gasteiger partial charge in [-0.05, 0) is 24.1 Å². The van der Waals surface area contributed by atoms with Crippen molar-refractivity contribution in [3.05, 3.63) is 34.3 Å². The minimum Gasteiger partial charge on any atom is -0.233 e. The molecule has 0 saturated carbocycles. The molecule has 0 bridgehead atoms. The first-order valence-electron chi connectivity index (χ1n) is 3.78. The Kier molecular flexibility index (Phi) is 3.27. The first kappa shape index (κ1) is 9.24. The highest BCUT2D eigenvalue weighted by atomic mass is 79.9. The van der Waals surface area contributed by atoms with Crippen LogP contribution in [0.25, 0.3) is 5.57 Å². The molecule has 12 heavy (non-hydrogen) atoms. The Morgan fingerprint density at radius 1 is 1.42 bits per heavy atom. The molecule has 1 aromatic carbocycles. The summed E-state index contributed by atoms with van der Waals surface area (Å²) in [5.74, 6) is 1.94. The fourth-order valence-electron chi connectivity index (χ4n) is 0.986. The van der Waals surface area contributed by atoms with E-state index in [0.29, 0.717) is 0 Å². The molecule has 1 nitrogen and oxygen atoms in total. The van der Waals surface area contributed by atoms with Crippen LogP contribution in [0.2, 0.25) is 0 Å². The number of hydrogen-bond acceptors (Lipinski definition) is 1. The first-order valence-corrected chi connectivity index (χ1v) is 4.57. The van der Waals surface area contributed by atoms with E-state index >= 15 is 0 Å². The van der Waals surface area contributed by atoms with Gasteiger partial charge in [-0.1, -0.05) is 35.0 Å². The number of carbonyl (C=O) groups excluding carboxylic acids is 1. The topological polar surface area (TPSA) is 17.1 Å². The van der Waals surface area contributed by atoms with Gasteiger partial charge in [0.25, 0.3) is 0 Å². The van der Waals surface area contributed by atoms with E-state index in [1.165, 1.54) is 0 Å². The molecule has 0 amide bonds. The van der Waals surface area contributed by atoms with Crippen LogP contribution in [0, 0.1) is 0 Å². The third-order valence-corrected chi connectivity index (χ3v) is 2.20.